The summed E-state index contributed by atoms with van der Waals surface area (Å²) in [5.41, 5.74) is 4.04. The van der Waals surface area contributed by atoms with Crippen molar-refractivity contribution in [1.82, 2.24) is 19.7 Å². The summed E-state index contributed by atoms with van der Waals surface area (Å²) in [7, 11) is 3.45. The van der Waals surface area contributed by atoms with E-state index in [2.05, 4.69) is 18.9 Å². The number of carbonyl (C=O) groups is 1. The van der Waals surface area contributed by atoms with E-state index in [9.17, 15) is 4.79 Å². The molecule has 2 heterocycles. The molecule has 0 atom stereocenters. The van der Waals surface area contributed by atoms with Gasteiger partial charge >= 0.3 is 0 Å². The first-order valence-corrected chi connectivity index (χ1v) is 10.3. The van der Waals surface area contributed by atoms with Gasteiger partial charge in [0.1, 0.15) is 5.75 Å². The molecule has 0 aliphatic carbocycles. The SMILES string of the molecule is COc1cccc(CN(C)C(=O)c2cc(-c3ccccc3)nc3c2cnn3C(C)C)c1. The van der Waals surface area contributed by atoms with Gasteiger partial charge in [0, 0.05) is 25.2 Å². The van der Waals surface area contributed by atoms with Gasteiger partial charge in [-0.1, -0.05) is 42.5 Å². The molecule has 4 aromatic rings. The standard InChI is InChI=1S/C25H26N4O2/c1-17(2)29-24-22(15-26-29)21(14-23(27-24)19-10-6-5-7-11-19)25(30)28(3)16-18-9-8-12-20(13-18)31-4/h5-15,17H,16H2,1-4H3. The van der Waals surface area contributed by atoms with Crippen LogP contribution in [0.5, 0.6) is 5.75 Å². The highest BCUT2D eigenvalue weighted by Gasteiger charge is 2.21. The zero-order valence-corrected chi connectivity index (χ0v) is 18.2. The van der Waals surface area contributed by atoms with Crippen molar-refractivity contribution in [3.63, 3.8) is 0 Å². The van der Waals surface area contributed by atoms with Gasteiger partial charge in [-0.3, -0.25) is 4.79 Å². The fraction of sp³-hybridized carbons (Fsp3) is 0.240. The Bertz CT molecular complexity index is 1210. The Morgan fingerprint density at radius 3 is 2.58 bits per heavy atom. The summed E-state index contributed by atoms with van der Waals surface area (Å²) in [6.07, 6.45) is 1.74. The van der Waals surface area contributed by atoms with Crippen molar-refractivity contribution in [2.24, 2.45) is 0 Å². The Hall–Kier alpha value is -3.67. The van der Waals surface area contributed by atoms with Crippen LogP contribution < -0.4 is 4.74 Å². The second-order valence-electron chi connectivity index (χ2n) is 7.85. The van der Waals surface area contributed by atoms with Gasteiger partial charge in [0.2, 0.25) is 0 Å². The van der Waals surface area contributed by atoms with Crippen LogP contribution in [0.1, 0.15) is 35.8 Å². The minimum absolute atomic E-state index is 0.0734. The Morgan fingerprint density at radius 1 is 1.10 bits per heavy atom. The third-order valence-corrected chi connectivity index (χ3v) is 5.26. The van der Waals surface area contributed by atoms with Crippen molar-refractivity contribution in [2.45, 2.75) is 26.4 Å². The van der Waals surface area contributed by atoms with Gasteiger partial charge in [-0.05, 0) is 37.6 Å². The molecule has 4 rings (SSSR count). The van der Waals surface area contributed by atoms with Crippen LogP contribution in [0.2, 0.25) is 0 Å². The summed E-state index contributed by atoms with van der Waals surface area (Å²) >= 11 is 0. The summed E-state index contributed by atoms with van der Waals surface area (Å²) < 4.78 is 7.17. The normalized spacial score (nSPS) is 11.1. The summed E-state index contributed by atoms with van der Waals surface area (Å²) in [6.45, 7) is 4.58. The molecular formula is C25H26N4O2. The predicted octanol–water partition coefficient (Wildman–Crippen LogP) is 4.96. The van der Waals surface area contributed by atoms with Crippen LogP contribution >= 0.6 is 0 Å². The molecule has 0 saturated heterocycles. The monoisotopic (exact) mass is 414 g/mol. The van der Waals surface area contributed by atoms with Crippen LogP contribution in [-0.4, -0.2) is 39.7 Å². The number of pyridine rings is 1. The van der Waals surface area contributed by atoms with Gasteiger partial charge in [0.15, 0.2) is 5.65 Å². The summed E-state index contributed by atoms with van der Waals surface area (Å²) in [5, 5.41) is 5.27. The number of rotatable bonds is 6. The minimum atomic E-state index is -0.0734. The van der Waals surface area contributed by atoms with E-state index >= 15 is 0 Å². The lowest BCUT2D eigenvalue weighted by Gasteiger charge is -2.19. The number of fused-ring (bicyclic) bond motifs is 1. The average Bonchev–Trinajstić information content (AvgIpc) is 3.23. The molecule has 158 valence electrons. The van der Waals surface area contributed by atoms with Gasteiger partial charge in [0.05, 0.1) is 30.0 Å². The van der Waals surface area contributed by atoms with Crippen molar-refractivity contribution in [1.29, 1.82) is 0 Å². The van der Waals surface area contributed by atoms with Crippen LogP contribution in [-0.2, 0) is 6.54 Å². The van der Waals surface area contributed by atoms with E-state index in [-0.39, 0.29) is 11.9 Å². The number of methoxy groups -OCH3 is 1. The Labute approximate surface area is 182 Å². The number of carbonyl (C=O) groups excluding carboxylic acids is 1. The van der Waals surface area contributed by atoms with Crippen molar-refractivity contribution >= 4 is 16.9 Å². The molecule has 0 radical (unpaired) electrons. The lowest BCUT2D eigenvalue weighted by atomic mass is 10.1. The molecule has 0 aliphatic rings. The average molecular weight is 415 g/mol. The quantitative estimate of drug-likeness (QED) is 0.447. The predicted molar refractivity (Wildman–Crippen MR) is 122 cm³/mol. The van der Waals surface area contributed by atoms with Crippen molar-refractivity contribution in [3.05, 3.63) is 78.0 Å². The van der Waals surface area contributed by atoms with Crippen LogP contribution in [0.25, 0.3) is 22.3 Å². The topological polar surface area (TPSA) is 60.2 Å². The van der Waals surface area contributed by atoms with E-state index < -0.39 is 0 Å². The van der Waals surface area contributed by atoms with Gasteiger partial charge < -0.3 is 9.64 Å². The first kappa shape index (κ1) is 20.6. The summed E-state index contributed by atoms with van der Waals surface area (Å²) in [4.78, 5) is 20.1. The lowest BCUT2D eigenvalue weighted by Crippen LogP contribution is -2.26. The van der Waals surface area contributed by atoms with Crippen molar-refractivity contribution in [3.8, 4) is 17.0 Å². The van der Waals surface area contributed by atoms with Gasteiger partial charge in [0.25, 0.3) is 5.91 Å². The highest BCUT2D eigenvalue weighted by Crippen LogP contribution is 2.27. The van der Waals surface area contributed by atoms with Crippen LogP contribution in [0.15, 0.2) is 66.9 Å². The molecule has 31 heavy (non-hydrogen) atoms. The largest absolute Gasteiger partial charge is 0.497 e. The zero-order chi connectivity index (χ0) is 22.0. The number of hydrogen-bond donors (Lipinski definition) is 0. The number of benzene rings is 2. The summed E-state index contributed by atoms with van der Waals surface area (Å²) in [5.74, 6) is 0.699. The maximum Gasteiger partial charge on any atom is 0.254 e. The van der Waals surface area contributed by atoms with E-state index in [0.717, 1.165) is 33.6 Å². The fourth-order valence-electron chi connectivity index (χ4n) is 3.65. The van der Waals surface area contributed by atoms with Crippen LogP contribution in [0.3, 0.4) is 0 Å². The van der Waals surface area contributed by atoms with Crippen molar-refractivity contribution < 1.29 is 9.53 Å². The maximum atomic E-state index is 13.5. The third-order valence-electron chi connectivity index (χ3n) is 5.26. The Morgan fingerprint density at radius 2 is 1.87 bits per heavy atom. The number of ether oxygens (including phenoxy) is 1. The molecule has 0 bridgehead atoms. The first-order chi connectivity index (χ1) is 15.0. The Kier molecular flexibility index (Phi) is 5.71. The van der Waals surface area contributed by atoms with Crippen molar-refractivity contribution in [2.75, 3.05) is 14.2 Å². The second kappa shape index (κ2) is 8.60. The summed E-state index contributed by atoms with van der Waals surface area (Å²) in [6, 6.07) is 19.7. The third kappa shape index (κ3) is 4.14. The lowest BCUT2D eigenvalue weighted by molar-refractivity contribution is 0.0787. The fourth-order valence-corrected chi connectivity index (χ4v) is 3.65. The van der Waals surface area contributed by atoms with Gasteiger partial charge in [-0.25, -0.2) is 9.67 Å². The highest BCUT2D eigenvalue weighted by atomic mass is 16.5. The molecule has 2 aromatic carbocycles. The molecule has 0 N–H and O–H groups in total. The molecule has 0 saturated carbocycles. The molecule has 6 nitrogen and oxygen atoms in total. The van der Waals surface area contributed by atoms with Gasteiger partial charge in [-0.2, -0.15) is 5.10 Å². The number of hydrogen-bond acceptors (Lipinski definition) is 4. The molecule has 2 aromatic heterocycles. The van der Waals surface area contributed by atoms with E-state index in [1.54, 1.807) is 18.2 Å². The number of aromatic nitrogens is 3. The zero-order valence-electron chi connectivity index (χ0n) is 18.2. The molecule has 1 amide bonds. The molecule has 0 spiro atoms. The van der Waals surface area contributed by atoms with Gasteiger partial charge in [-0.15, -0.1) is 0 Å². The van der Waals surface area contributed by atoms with E-state index in [1.807, 2.05) is 72.4 Å². The smallest absolute Gasteiger partial charge is 0.254 e. The molecule has 0 aliphatic heterocycles. The van der Waals surface area contributed by atoms with Crippen LogP contribution in [0, 0.1) is 0 Å². The molecule has 6 heteroatoms. The minimum Gasteiger partial charge on any atom is -0.497 e. The highest BCUT2D eigenvalue weighted by molar-refractivity contribution is 6.06. The molecular weight excluding hydrogens is 388 g/mol. The van der Waals surface area contributed by atoms with E-state index in [1.165, 1.54) is 0 Å². The van der Waals surface area contributed by atoms with Crippen LogP contribution in [0.4, 0.5) is 0 Å². The Balaban J connectivity index is 1.77. The molecule has 0 unspecified atom stereocenters. The number of nitrogens with zero attached hydrogens (tertiary/aromatic N) is 4. The van der Waals surface area contributed by atoms with E-state index in [0.29, 0.717) is 12.1 Å². The van der Waals surface area contributed by atoms with E-state index in [4.69, 9.17) is 9.72 Å². The first-order valence-electron chi connectivity index (χ1n) is 10.3. The number of amides is 1. The second-order valence-corrected chi connectivity index (χ2v) is 7.85. The maximum absolute atomic E-state index is 13.5. The molecule has 0 fully saturated rings.